The van der Waals surface area contributed by atoms with E-state index in [2.05, 4.69) is 9.97 Å². The molecule has 12 heavy (non-hydrogen) atoms. The first-order chi connectivity index (χ1) is 5.52. The Morgan fingerprint density at radius 2 is 1.92 bits per heavy atom. The van der Waals surface area contributed by atoms with Crippen LogP contribution in [0.1, 0.15) is 0 Å². The maximum atomic E-state index is 8.56. The van der Waals surface area contributed by atoms with Crippen molar-refractivity contribution in [1.82, 2.24) is 9.97 Å². The predicted octanol–water partition coefficient (Wildman–Crippen LogP) is -0.137. The van der Waals surface area contributed by atoms with Crippen molar-refractivity contribution in [1.29, 1.82) is 0 Å². The van der Waals surface area contributed by atoms with Crippen molar-refractivity contribution in [3.8, 4) is 0 Å². The molecule has 0 aliphatic heterocycles. The summed E-state index contributed by atoms with van der Waals surface area (Å²) in [7, 11) is 0. The molecule has 0 unspecified atom stereocenters. The van der Waals surface area contributed by atoms with Crippen molar-refractivity contribution in [2.24, 2.45) is 0 Å². The van der Waals surface area contributed by atoms with Crippen molar-refractivity contribution < 1.29 is 15.0 Å². The van der Waals surface area contributed by atoms with Crippen LogP contribution < -0.4 is 11.5 Å². The molecule has 1 heterocycles. The van der Waals surface area contributed by atoms with Crippen LogP contribution in [-0.4, -0.2) is 26.3 Å². The van der Waals surface area contributed by atoms with Crippen molar-refractivity contribution >= 4 is 17.9 Å². The van der Waals surface area contributed by atoms with Gasteiger partial charge in [0.25, 0.3) is 0 Å². The van der Waals surface area contributed by atoms with E-state index in [-0.39, 0.29) is 5.95 Å². The first-order valence-electron chi connectivity index (χ1n) is 2.78. The fraction of sp³-hybridized carbons (Fsp3) is 0. The summed E-state index contributed by atoms with van der Waals surface area (Å²) in [5.41, 5.74) is 10.4. The summed E-state index contributed by atoms with van der Waals surface area (Å²) in [5, 5.41) is 13.9. The van der Waals surface area contributed by atoms with Crippen LogP contribution in [0.5, 0.6) is 0 Å². The van der Waals surface area contributed by atoms with E-state index in [0.717, 1.165) is 0 Å². The molecule has 0 aliphatic rings. The molecule has 1 aromatic rings. The molecule has 0 amide bonds. The molecule has 0 fully saturated rings. The minimum Gasteiger partial charge on any atom is -0.450 e. The number of nitrogen functional groups attached to an aromatic ring is 2. The summed E-state index contributed by atoms with van der Waals surface area (Å²) in [6, 6.07) is 1.58. The van der Waals surface area contributed by atoms with Crippen LogP contribution in [0.25, 0.3) is 0 Å². The highest BCUT2D eigenvalue weighted by Crippen LogP contribution is 1.94. The number of carbonyl (C=O) groups is 1. The van der Waals surface area contributed by atoms with Gasteiger partial charge < -0.3 is 21.7 Å². The lowest BCUT2D eigenvalue weighted by Crippen LogP contribution is -1.96. The molecule has 0 aromatic carbocycles. The summed E-state index contributed by atoms with van der Waals surface area (Å²) in [6.45, 7) is 0. The predicted molar refractivity (Wildman–Crippen MR) is 41.5 cm³/mol. The lowest BCUT2D eigenvalue weighted by molar-refractivity contribution is 0.137. The molecule has 7 heteroatoms. The third-order valence-electron chi connectivity index (χ3n) is 0.696. The molecule has 6 N–H and O–H groups in total. The van der Waals surface area contributed by atoms with Gasteiger partial charge in [0.05, 0.1) is 0 Å². The van der Waals surface area contributed by atoms with Crippen molar-refractivity contribution in [3.05, 3.63) is 12.3 Å². The second-order valence-corrected chi connectivity index (χ2v) is 1.62. The fourth-order valence-electron chi connectivity index (χ4n) is 0.388. The second-order valence-electron chi connectivity index (χ2n) is 1.62. The lowest BCUT2D eigenvalue weighted by atomic mass is 10.6. The molecular formula is C5H8N4O3. The molecule has 0 saturated carbocycles. The summed E-state index contributed by atoms with van der Waals surface area (Å²) in [4.78, 5) is 15.8. The normalized spacial score (nSPS) is 8.00. The standard InChI is InChI=1S/C4H6N4.CH2O3/c5-3-1-2-7-4(6)8-3;2-1(3)4/h1-2H,(H4,5,6,7,8);(H2,2,3,4). The van der Waals surface area contributed by atoms with Crippen LogP contribution in [0.3, 0.4) is 0 Å². The van der Waals surface area contributed by atoms with Crippen LogP contribution in [0.4, 0.5) is 16.6 Å². The Bertz CT molecular complexity index is 243. The Morgan fingerprint density at radius 1 is 1.42 bits per heavy atom. The molecule has 7 nitrogen and oxygen atoms in total. The van der Waals surface area contributed by atoms with Gasteiger partial charge in [0.2, 0.25) is 5.95 Å². The topological polar surface area (TPSA) is 135 Å². The minimum absolute atomic E-state index is 0.213. The third-order valence-corrected chi connectivity index (χ3v) is 0.696. The molecule has 66 valence electrons. The highest BCUT2D eigenvalue weighted by molar-refractivity contribution is 5.53. The van der Waals surface area contributed by atoms with Gasteiger partial charge in [0.1, 0.15) is 5.82 Å². The number of aromatic nitrogens is 2. The molecule has 0 bridgehead atoms. The van der Waals surface area contributed by atoms with Gasteiger partial charge in [-0.15, -0.1) is 0 Å². The number of carboxylic acid groups (broad SMARTS) is 2. The number of hydrogen-bond acceptors (Lipinski definition) is 5. The van der Waals surface area contributed by atoms with E-state index in [4.69, 9.17) is 26.5 Å². The summed E-state index contributed by atoms with van der Waals surface area (Å²) in [5.74, 6) is 0.613. The van der Waals surface area contributed by atoms with E-state index in [9.17, 15) is 0 Å². The zero-order valence-corrected chi connectivity index (χ0v) is 6.01. The van der Waals surface area contributed by atoms with Gasteiger partial charge in [-0.05, 0) is 6.07 Å². The van der Waals surface area contributed by atoms with E-state index in [1.165, 1.54) is 6.20 Å². The van der Waals surface area contributed by atoms with Crippen molar-refractivity contribution in [3.63, 3.8) is 0 Å². The van der Waals surface area contributed by atoms with E-state index >= 15 is 0 Å². The number of nitrogens with zero attached hydrogens (tertiary/aromatic N) is 2. The largest absolute Gasteiger partial charge is 0.503 e. The Balaban J connectivity index is 0.000000261. The summed E-state index contributed by atoms with van der Waals surface area (Å²) in [6.07, 6.45) is -0.322. The highest BCUT2D eigenvalue weighted by atomic mass is 16.6. The van der Waals surface area contributed by atoms with Crippen LogP contribution in [0.2, 0.25) is 0 Å². The quantitative estimate of drug-likeness (QED) is 0.427. The Hall–Kier alpha value is -2.05. The zero-order valence-electron chi connectivity index (χ0n) is 6.01. The molecule has 0 atom stereocenters. The third kappa shape index (κ3) is 6.08. The number of nitrogens with two attached hydrogens (primary N) is 2. The number of rotatable bonds is 0. The minimum atomic E-state index is -1.83. The lowest BCUT2D eigenvalue weighted by Gasteiger charge is -1.89. The monoisotopic (exact) mass is 172 g/mol. The maximum Gasteiger partial charge on any atom is 0.503 e. The van der Waals surface area contributed by atoms with E-state index in [0.29, 0.717) is 5.82 Å². The molecular weight excluding hydrogens is 164 g/mol. The van der Waals surface area contributed by atoms with Crippen LogP contribution >= 0.6 is 0 Å². The first kappa shape index (κ1) is 9.95. The molecule has 0 radical (unpaired) electrons. The zero-order chi connectivity index (χ0) is 9.56. The van der Waals surface area contributed by atoms with Gasteiger partial charge in [-0.1, -0.05) is 0 Å². The van der Waals surface area contributed by atoms with Crippen LogP contribution in [0, 0.1) is 0 Å². The van der Waals surface area contributed by atoms with Crippen molar-refractivity contribution in [2.75, 3.05) is 11.5 Å². The van der Waals surface area contributed by atoms with Gasteiger partial charge in [0.15, 0.2) is 0 Å². The van der Waals surface area contributed by atoms with Gasteiger partial charge in [-0.25, -0.2) is 9.78 Å². The second kappa shape index (κ2) is 4.72. The average Bonchev–Trinajstić information content (AvgIpc) is 1.84. The van der Waals surface area contributed by atoms with Crippen molar-refractivity contribution in [2.45, 2.75) is 0 Å². The molecule has 1 aromatic heterocycles. The molecule has 0 spiro atoms. The van der Waals surface area contributed by atoms with E-state index in [1.807, 2.05) is 0 Å². The fourth-order valence-corrected chi connectivity index (χ4v) is 0.388. The van der Waals surface area contributed by atoms with E-state index < -0.39 is 6.16 Å². The Labute approximate surface area is 67.7 Å². The van der Waals surface area contributed by atoms with Gasteiger partial charge >= 0.3 is 6.16 Å². The summed E-state index contributed by atoms with van der Waals surface area (Å²) < 4.78 is 0. The Morgan fingerprint density at radius 3 is 2.17 bits per heavy atom. The Kier molecular flexibility index (Phi) is 3.91. The van der Waals surface area contributed by atoms with Gasteiger partial charge in [-0.3, -0.25) is 0 Å². The van der Waals surface area contributed by atoms with Crippen LogP contribution in [-0.2, 0) is 0 Å². The number of anilines is 2. The van der Waals surface area contributed by atoms with Gasteiger partial charge in [-0.2, -0.15) is 4.98 Å². The molecule has 0 aliphatic carbocycles. The molecule has 1 rings (SSSR count). The SMILES string of the molecule is Nc1ccnc(N)n1.O=C(O)O. The molecule has 0 saturated heterocycles. The van der Waals surface area contributed by atoms with Gasteiger partial charge in [0, 0.05) is 6.20 Å². The average molecular weight is 172 g/mol. The summed E-state index contributed by atoms with van der Waals surface area (Å²) >= 11 is 0. The van der Waals surface area contributed by atoms with Crippen LogP contribution in [0.15, 0.2) is 12.3 Å². The smallest absolute Gasteiger partial charge is 0.450 e. The van der Waals surface area contributed by atoms with E-state index in [1.54, 1.807) is 6.07 Å². The highest BCUT2D eigenvalue weighted by Gasteiger charge is 1.84. The first-order valence-corrected chi connectivity index (χ1v) is 2.78. The maximum absolute atomic E-state index is 8.56. The number of hydrogen-bond donors (Lipinski definition) is 4.